The third kappa shape index (κ3) is 3.76. The van der Waals surface area contributed by atoms with Gasteiger partial charge in [0.25, 0.3) is 10.1 Å². The van der Waals surface area contributed by atoms with Crippen LogP contribution in [-0.2, 0) is 20.7 Å². The highest BCUT2D eigenvalue weighted by Gasteiger charge is 2.14. The first kappa shape index (κ1) is 13.5. The zero-order valence-corrected chi connectivity index (χ0v) is 11.0. The van der Waals surface area contributed by atoms with Gasteiger partial charge in [0.1, 0.15) is 0 Å². The summed E-state index contributed by atoms with van der Waals surface area (Å²) in [5.41, 5.74) is 0.980. The average Bonchev–Trinajstić information content (AvgIpc) is 2.40. The van der Waals surface area contributed by atoms with Crippen LogP contribution in [0.4, 0.5) is 0 Å². The first-order valence-corrected chi connectivity index (χ1v) is 6.94. The Morgan fingerprint density at radius 1 is 1.11 bits per heavy atom. The van der Waals surface area contributed by atoms with Crippen molar-refractivity contribution in [2.24, 2.45) is 0 Å². The number of nitrogens with zero attached hydrogens (tertiary/aromatic N) is 4. The number of hydrogen-bond acceptors (Lipinski definition) is 7. The Bertz CT molecular complexity index is 629. The molecule has 8 heteroatoms. The molecule has 1 aromatic heterocycles. The number of hydrogen-bond donors (Lipinski definition) is 0. The molecular formula is C11H12N4O3S. The van der Waals surface area contributed by atoms with Crippen molar-refractivity contribution in [3.63, 3.8) is 0 Å². The van der Waals surface area contributed by atoms with E-state index in [1.165, 1.54) is 18.5 Å². The van der Waals surface area contributed by atoms with Crippen LogP contribution >= 0.6 is 0 Å². The fraction of sp³-hybridized carbons (Fsp3) is 0.273. The number of aryl methyl sites for hydroxylation is 1. The summed E-state index contributed by atoms with van der Waals surface area (Å²) in [6, 6.07) is 6.44. The van der Waals surface area contributed by atoms with Crippen LogP contribution in [0.5, 0.6) is 0 Å². The minimum absolute atomic E-state index is 0.0520. The molecule has 19 heavy (non-hydrogen) atoms. The van der Waals surface area contributed by atoms with E-state index in [-0.39, 0.29) is 17.9 Å². The summed E-state index contributed by atoms with van der Waals surface area (Å²) in [5, 5.41) is 14.4. The lowest BCUT2D eigenvalue weighted by Gasteiger charge is -2.05. The van der Waals surface area contributed by atoms with Crippen molar-refractivity contribution in [2.45, 2.75) is 18.2 Å². The molecule has 0 spiro atoms. The molecule has 0 unspecified atom stereocenters. The summed E-state index contributed by atoms with van der Waals surface area (Å²) in [7, 11) is -3.74. The largest absolute Gasteiger partial charge is 0.296 e. The molecule has 0 atom stereocenters. The Morgan fingerprint density at radius 2 is 1.74 bits per heavy atom. The highest BCUT2D eigenvalue weighted by atomic mass is 32.2. The molecule has 0 aliphatic carbocycles. The Balaban J connectivity index is 1.97. The smallest absolute Gasteiger partial charge is 0.266 e. The molecule has 0 bridgehead atoms. The fourth-order valence-electron chi connectivity index (χ4n) is 1.34. The summed E-state index contributed by atoms with van der Waals surface area (Å²) in [6.07, 6.45) is 1.43. The lowest BCUT2D eigenvalue weighted by atomic mass is 10.2. The number of aromatic nitrogens is 4. The van der Waals surface area contributed by atoms with Crippen LogP contribution in [-0.4, -0.2) is 35.4 Å². The molecule has 7 nitrogen and oxygen atoms in total. The van der Waals surface area contributed by atoms with Crippen molar-refractivity contribution in [3.8, 4) is 0 Å². The van der Waals surface area contributed by atoms with Gasteiger partial charge >= 0.3 is 0 Å². The van der Waals surface area contributed by atoms with E-state index in [2.05, 4.69) is 20.4 Å². The molecule has 100 valence electrons. The molecule has 1 aromatic carbocycles. The van der Waals surface area contributed by atoms with Gasteiger partial charge in [0, 0.05) is 6.42 Å². The van der Waals surface area contributed by atoms with Crippen LogP contribution in [0.1, 0.15) is 11.4 Å². The van der Waals surface area contributed by atoms with Gasteiger partial charge in [-0.25, -0.2) is 0 Å². The van der Waals surface area contributed by atoms with Gasteiger partial charge in [0.2, 0.25) is 0 Å². The van der Waals surface area contributed by atoms with E-state index < -0.39 is 10.1 Å². The lowest BCUT2D eigenvalue weighted by molar-refractivity contribution is 0.318. The van der Waals surface area contributed by atoms with E-state index in [0.717, 1.165) is 5.56 Å². The Morgan fingerprint density at radius 3 is 2.37 bits per heavy atom. The highest BCUT2D eigenvalue weighted by molar-refractivity contribution is 7.86. The van der Waals surface area contributed by atoms with Gasteiger partial charge in [-0.3, -0.25) is 4.18 Å². The molecule has 2 aromatic rings. The maximum Gasteiger partial charge on any atom is 0.296 e. The van der Waals surface area contributed by atoms with Gasteiger partial charge in [0.05, 0.1) is 11.5 Å². The maximum absolute atomic E-state index is 11.8. The molecule has 2 rings (SSSR count). The van der Waals surface area contributed by atoms with Crippen molar-refractivity contribution in [2.75, 3.05) is 6.61 Å². The SMILES string of the molecule is Cc1ccc(S(=O)(=O)OCCc2nncnn2)cc1. The average molecular weight is 280 g/mol. The summed E-state index contributed by atoms with van der Waals surface area (Å²) < 4.78 is 28.6. The monoisotopic (exact) mass is 280 g/mol. The van der Waals surface area contributed by atoms with Gasteiger partial charge < -0.3 is 0 Å². The van der Waals surface area contributed by atoms with E-state index in [4.69, 9.17) is 4.18 Å². The summed E-state index contributed by atoms with van der Waals surface area (Å²) in [6.45, 7) is 1.83. The minimum atomic E-state index is -3.74. The summed E-state index contributed by atoms with van der Waals surface area (Å²) in [5.74, 6) is 0.335. The first-order valence-electron chi connectivity index (χ1n) is 5.53. The second-order valence-corrected chi connectivity index (χ2v) is 5.42. The zero-order valence-electron chi connectivity index (χ0n) is 10.2. The predicted molar refractivity (Wildman–Crippen MR) is 65.6 cm³/mol. The third-order valence-electron chi connectivity index (χ3n) is 2.32. The van der Waals surface area contributed by atoms with Gasteiger partial charge in [-0.2, -0.15) is 8.42 Å². The zero-order chi connectivity index (χ0) is 13.7. The van der Waals surface area contributed by atoms with Crippen LogP contribution in [0.25, 0.3) is 0 Å². The Labute approximate surface area is 110 Å². The molecule has 0 saturated carbocycles. The molecule has 1 heterocycles. The van der Waals surface area contributed by atoms with Crippen molar-refractivity contribution >= 4 is 10.1 Å². The molecule has 0 N–H and O–H groups in total. The van der Waals surface area contributed by atoms with Crippen LogP contribution < -0.4 is 0 Å². The molecule has 0 aliphatic heterocycles. The lowest BCUT2D eigenvalue weighted by Crippen LogP contribution is -2.11. The van der Waals surface area contributed by atoms with Gasteiger partial charge in [-0.05, 0) is 19.1 Å². The summed E-state index contributed by atoms with van der Waals surface area (Å²) >= 11 is 0. The second kappa shape index (κ2) is 5.81. The Hall–Kier alpha value is -1.93. The van der Waals surface area contributed by atoms with E-state index in [1.54, 1.807) is 12.1 Å². The van der Waals surface area contributed by atoms with Crippen molar-refractivity contribution in [1.29, 1.82) is 0 Å². The quantitative estimate of drug-likeness (QED) is 0.737. The second-order valence-electron chi connectivity index (χ2n) is 3.80. The van der Waals surface area contributed by atoms with Crippen molar-refractivity contribution in [3.05, 3.63) is 42.0 Å². The summed E-state index contributed by atoms with van der Waals surface area (Å²) in [4.78, 5) is 0.128. The minimum Gasteiger partial charge on any atom is -0.266 e. The highest BCUT2D eigenvalue weighted by Crippen LogP contribution is 2.13. The van der Waals surface area contributed by atoms with Crippen LogP contribution in [0.2, 0.25) is 0 Å². The number of benzene rings is 1. The van der Waals surface area contributed by atoms with Gasteiger partial charge in [0.15, 0.2) is 12.2 Å². The normalized spacial score (nSPS) is 11.4. The molecule has 0 saturated heterocycles. The van der Waals surface area contributed by atoms with Crippen LogP contribution in [0.15, 0.2) is 35.5 Å². The van der Waals surface area contributed by atoms with E-state index in [9.17, 15) is 8.42 Å². The van der Waals surface area contributed by atoms with E-state index >= 15 is 0 Å². The topological polar surface area (TPSA) is 94.9 Å². The van der Waals surface area contributed by atoms with Crippen LogP contribution in [0, 0.1) is 6.92 Å². The van der Waals surface area contributed by atoms with Gasteiger partial charge in [-0.15, -0.1) is 20.4 Å². The predicted octanol–water partition coefficient (Wildman–Crippen LogP) is 0.523. The molecule has 0 amide bonds. The fourth-order valence-corrected chi connectivity index (χ4v) is 2.25. The number of rotatable bonds is 5. The first-order chi connectivity index (χ1) is 9.08. The van der Waals surface area contributed by atoms with Gasteiger partial charge in [-0.1, -0.05) is 17.7 Å². The van der Waals surface area contributed by atoms with Crippen molar-refractivity contribution < 1.29 is 12.6 Å². The van der Waals surface area contributed by atoms with E-state index in [1.807, 2.05) is 6.92 Å². The molecule has 0 fully saturated rings. The van der Waals surface area contributed by atoms with E-state index in [0.29, 0.717) is 5.82 Å². The molecule has 0 radical (unpaired) electrons. The molecule has 0 aliphatic rings. The molecular weight excluding hydrogens is 268 g/mol. The van der Waals surface area contributed by atoms with Crippen molar-refractivity contribution in [1.82, 2.24) is 20.4 Å². The standard InChI is InChI=1S/C11H12N4O3S/c1-9-2-4-10(5-3-9)19(16,17)18-7-6-11-14-12-8-13-15-11/h2-5,8H,6-7H2,1H3. The third-order valence-corrected chi connectivity index (χ3v) is 3.65. The Kier molecular flexibility index (Phi) is 4.13. The maximum atomic E-state index is 11.8. The van der Waals surface area contributed by atoms with Crippen LogP contribution in [0.3, 0.4) is 0 Å².